The first-order chi connectivity index (χ1) is 11.3. The van der Waals surface area contributed by atoms with Crippen LogP contribution in [-0.2, 0) is 15.8 Å². The molecule has 0 radical (unpaired) electrons. The van der Waals surface area contributed by atoms with E-state index < -0.39 is 19.7 Å². The minimum Gasteiger partial charge on any atom is -0.598 e. The van der Waals surface area contributed by atoms with Crippen LogP contribution in [0.15, 0.2) is 0 Å². The van der Waals surface area contributed by atoms with Crippen molar-refractivity contribution in [3.8, 4) is 0 Å². The molecule has 1 heterocycles. The van der Waals surface area contributed by atoms with Gasteiger partial charge in [0.25, 0.3) is 0 Å². The summed E-state index contributed by atoms with van der Waals surface area (Å²) < 4.78 is 22.8. The van der Waals surface area contributed by atoms with Crippen molar-refractivity contribution < 1.29 is 8.98 Å². The minimum atomic E-state index is -1.78. The van der Waals surface area contributed by atoms with Crippen LogP contribution in [0.5, 0.6) is 0 Å². The molecule has 0 bridgehead atoms. The molecule has 1 aliphatic heterocycles. The van der Waals surface area contributed by atoms with Crippen molar-refractivity contribution in [3.63, 3.8) is 0 Å². The molecule has 2 unspecified atom stereocenters. The van der Waals surface area contributed by atoms with Gasteiger partial charge in [-0.3, -0.25) is 0 Å². The zero-order valence-electron chi connectivity index (χ0n) is 17.6. The molecule has 0 aromatic rings. The van der Waals surface area contributed by atoms with Crippen molar-refractivity contribution >= 4 is 19.7 Å². The highest BCUT2D eigenvalue weighted by Gasteiger charge is 2.52. The first kappa shape index (κ1) is 21.7. The Morgan fingerprint density at radius 2 is 1.68 bits per heavy atom. The molecular weight excluding hydrogens is 348 g/mol. The van der Waals surface area contributed by atoms with Gasteiger partial charge in [-0.1, -0.05) is 20.8 Å². The van der Waals surface area contributed by atoms with Crippen LogP contribution in [0.2, 0.25) is 18.1 Å². The molecule has 2 aliphatic rings. The zero-order chi connectivity index (χ0) is 19.1. The van der Waals surface area contributed by atoms with Crippen LogP contribution < -0.4 is 10.0 Å². The summed E-state index contributed by atoms with van der Waals surface area (Å²) in [6.45, 7) is 19.9. The smallest absolute Gasteiger partial charge is 0.192 e. The van der Waals surface area contributed by atoms with Gasteiger partial charge in [0.2, 0.25) is 0 Å². The maximum absolute atomic E-state index is 12.7. The molecule has 0 aromatic heterocycles. The maximum atomic E-state index is 12.7. The van der Waals surface area contributed by atoms with Crippen LogP contribution in [0.4, 0.5) is 0 Å². The summed E-state index contributed by atoms with van der Waals surface area (Å²) in [7, 11) is -1.78. The molecular formula is C19H40N2O2SSi. The molecule has 6 heteroatoms. The van der Waals surface area contributed by atoms with E-state index in [2.05, 4.69) is 43.9 Å². The van der Waals surface area contributed by atoms with Crippen LogP contribution in [0, 0.1) is 5.41 Å². The van der Waals surface area contributed by atoms with E-state index in [1.807, 2.05) is 20.8 Å². The summed E-state index contributed by atoms with van der Waals surface area (Å²) in [5.41, 5.74) is 0.235. The summed E-state index contributed by atoms with van der Waals surface area (Å²) >= 11 is -1.02. The Balaban J connectivity index is 2.14. The fourth-order valence-electron chi connectivity index (χ4n) is 3.83. The first-order valence-corrected chi connectivity index (χ1v) is 13.9. The van der Waals surface area contributed by atoms with Crippen LogP contribution in [-0.4, -0.2) is 42.9 Å². The van der Waals surface area contributed by atoms with E-state index in [-0.39, 0.29) is 15.2 Å². The van der Waals surface area contributed by atoms with E-state index in [0.29, 0.717) is 12.1 Å². The van der Waals surface area contributed by atoms with Gasteiger partial charge >= 0.3 is 0 Å². The minimum absolute atomic E-state index is 0.230. The van der Waals surface area contributed by atoms with Gasteiger partial charge in [0, 0.05) is 17.5 Å². The van der Waals surface area contributed by atoms with Crippen molar-refractivity contribution in [1.29, 1.82) is 0 Å². The van der Waals surface area contributed by atoms with E-state index in [1.54, 1.807) is 0 Å². The van der Waals surface area contributed by atoms with Gasteiger partial charge in [0.1, 0.15) is 4.75 Å². The third-order valence-corrected chi connectivity index (χ3v) is 12.7. The average Bonchev–Trinajstić information content (AvgIpc) is 2.73. The van der Waals surface area contributed by atoms with Gasteiger partial charge in [-0.05, 0) is 83.1 Å². The van der Waals surface area contributed by atoms with Crippen molar-refractivity contribution in [2.45, 2.75) is 102 Å². The van der Waals surface area contributed by atoms with Crippen molar-refractivity contribution in [1.82, 2.24) is 10.0 Å². The Hall–Kier alpha value is 0.407. The van der Waals surface area contributed by atoms with E-state index in [0.717, 1.165) is 38.8 Å². The number of nitrogens with one attached hydrogen (secondary N) is 2. The predicted molar refractivity (Wildman–Crippen MR) is 111 cm³/mol. The Kier molecular flexibility index (Phi) is 6.46. The Bertz CT molecular complexity index is 453. The molecule has 4 nitrogen and oxygen atoms in total. The van der Waals surface area contributed by atoms with Crippen LogP contribution in [0.1, 0.15) is 67.2 Å². The third kappa shape index (κ3) is 5.02. The van der Waals surface area contributed by atoms with Gasteiger partial charge in [-0.15, -0.1) is 4.72 Å². The first-order valence-electron chi connectivity index (χ1n) is 9.83. The number of hydrogen-bond donors (Lipinski definition) is 2. The highest BCUT2D eigenvalue weighted by molar-refractivity contribution is 7.90. The van der Waals surface area contributed by atoms with Gasteiger partial charge in [-0.2, -0.15) is 0 Å². The molecule has 2 rings (SSSR count). The van der Waals surface area contributed by atoms with E-state index >= 15 is 0 Å². The maximum Gasteiger partial charge on any atom is 0.192 e. The van der Waals surface area contributed by atoms with E-state index in [1.165, 1.54) is 0 Å². The van der Waals surface area contributed by atoms with E-state index in [4.69, 9.17) is 4.43 Å². The summed E-state index contributed by atoms with van der Waals surface area (Å²) in [6.07, 6.45) is 4.72. The van der Waals surface area contributed by atoms with Crippen LogP contribution >= 0.6 is 0 Å². The van der Waals surface area contributed by atoms with Crippen LogP contribution in [0.25, 0.3) is 0 Å². The second-order valence-electron chi connectivity index (χ2n) is 10.6. The molecule has 1 saturated carbocycles. The topological polar surface area (TPSA) is 56.3 Å². The lowest BCUT2D eigenvalue weighted by atomic mass is 9.75. The molecule has 2 N–H and O–H groups in total. The highest BCUT2D eigenvalue weighted by atomic mass is 32.2. The van der Waals surface area contributed by atoms with Gasteiger partial charge in [0.15, 0.2) is 8.32 Å². The largest absolute Gasteiger partial charge is 0.598 e. The van der Waals surface area contributed by atoms with Gasteiger partial charge < -0.3 is 14.3 Å². The predicted octanol–water partition coefficient (Wildman–Crippen LogP) is 3.96. The molecule has 3 atom stereocenters. The lowest BCUT2D eigenvalue weighted by molar-refractivity contribution is 0.137. The molecule has 148 valence electrons. The molecule has 1 spiro atoms. The lowest BCUT2D eigenvalue weighted by Crippen LogP contribution is -2.52. The zero-order valence-corrected chi connectivity index (χ0v) is 19.4. The second-order valence-corrected chi connectivity index (χ2v) is 17.4. The van der Waals surface area contributed by atoms with Crippen molar-refractivity contribution in [2.75, 3.05) is 13.1 Å². The van der Waals surface area contributed by atoms with E-state index in [9.17, 15) is 4.55 Å². The standard InChI is InChI=1S/C19H40N2O2SSi/c1-17(2,3)24(22)21-16-13-15(23-25(7,8)18(4,5)6)14-19(16)9-11-20-12-10-19/h15-16,20-21H,9-14H2,1-8H3/t15?,16-,24?/m1/s1. The van der Waals surface area contributed by atoms with Gasteiger partial charge in [-0.25, -0.2) is 0 Å². The average molecular weight is 389 g/mol. The Labute approximate surface area is 159 Å². The molecule has 1 aliphatic carbocycles. The second kappa shape index (κ2) is 7.44. The summed E-state index contributed by atoms with van der Waals surface area (Å²) in [4.78, 5) is 0. The fraction of sp³-hybridized carbons (Fsp3) is 1.00. The Morgan fingerprint density at radius 3 is 2.16 bits per heavy atom. The summed E-state index contributed by atoms with van der Waals surface area (Å²) in [6, 6.07) is 0.296. The molecule has 1 saturated heterocycles. The monoisotopic (exact) mass is 388 g/mol. The molecule has 0 amide bonds. The van der Waals surface area contributed by atoms with Crippen LogP contribution in [0.3, 0.4) is 0 Å². The fourth-order valence-corrected chi connectivity index (χ4v) is 6.16. The number of hydrogen-bond acceptors (Lipinski definition) is 4. The SMILES string of the molecule is CC(C)(C)[S+]([O-])N[C@@H]1CC(O[Si](C)(C)C(C)(C)C)CC12CCNCC2. The quantitative estimate of drug-likeness (QED) is 0.565. The summed E-state index contributed by atoms with van der Waals surface area (Å²) in [5.74, 6) is 0. The third-order valence-electron chi connectivity index (χ3n) is 6.54. The molecule has 0 aromatic carbocycles. The number of rotatable bonds is 4. The Morgan fingerprint density at radius 1 is 1.12 bits per heavy atom. The lowest BCUT2D eigenvalue weighted by Gasteiger charge is -2.41. The number of piperidine rings is 1. The van der Waals surface area contributed by atoms with Gasteiger partial charge in [0.05, 0.1) is 6.04 Å². The molecule has 25 heavy (non-hydrogen) atoms. The molecule has 2 fully saturated rings. The summed E-state index contributed by atoms with van der Waals surface area (Å²) in [5, 5.41) is 3.72. The highest BCUT2D eigenvalue weighted by Crippen LogP contribution is 2.49. The van der Waals surface area contributed by atoms with Crippen molar-refractivity contribution in [2.24, 2.45) is 5.41 Å². The van der Waals surface area contributed by atoms with Crippen molar-refractivity contribution in [3.05, 3.63) is 0 Å². The normalized spacial score (nSPS) is 29.2.